The summed E-state index contributed by atoms with van der Waals surface area (Å²) in [5.41, 5.74) is 1.18. The number of esters is 1. The number of rotatable bonds is 6. The first-order chi connectivity index (χ1) is 15.9. The molecule has 0 unspecified atom stereocenters. The van der Waals surface area contributed by atoms with Gasteiger partial charge in [-0.05, 0) is 61.5 Å². The molecular formula is C24H17N3O6. The molecule has 1 N–H and O–H groups in total. The molecule has 0 spiro atoms. The maximum atomic E-state index is 12.7. The van der Waals surface area contributed by atoms with Gasteiger partial charge in [-0.3, -0.25) is 19.3 Å². The number of nitrogens with one attached hydrogen (secondary N) is 1. The number of nitrogens with zero attached hydrogens (tertiary/aromatic N) is 2. The molecule has 1 aliphatic heterocycles. The van der Waals surface area contributed by atoms with Gasteiger partial charge in [0, 0.05) is 5.69 Å². The van der Waals surface area contributed by atoms with Gasteiger partial charge in [0.2, 0.25) is 0 Å². The second-order valence-electron chi connectivity index (χ2n) is 7.26. The molecule has 3 aromatic rings. The number of anilines is 1. The number of imide groups is 1. The van der Waals surface area contributed by atoms with Gasteiger partial charge < -0.3 is 14.5 Å². The highest BCUT2D eigenvalue weighted by Gasteiger charge is 2.36. The van der Waals surface area contributed by atoms with E-state index in [0.717, 1.165) is 4.90 Å². The zero-order valence-electron chi connectivity index (χ0n) is 17.4. The Kier molecular flexibility index (Phi) is 5.74. The van der Waals surface area contributed by atoms with E-state index in [4.69, 9.17) is 14.4 Å². The van der Waals surface area contributed by atoms with Crippen molar-refractivity contribution in [3.63, 3.8) is 0 Å². The van der Waals surface area contributed by atoms with Gasteiger partial charge in [0.1, 0.15) is 5.76 Å². The average molecular weight is 443 g/mol. The molecule has 1 aromatic heterocycles. The smallest absolute Gasteiger partial charge is 0.338 e. The number of carbonyl (C=O) groups excluding carboxylic acids is 4. The minimum atomic E-state index is -1.13. The van der Waals surface area contributed by atoms with Crippen LogP contribution in [-0.2, 0) is 16.1 Å². The Morgan fingerprint density at radius 3 is 2.48 bits per heavy atom. The summed E-state index contributed by atoms with van der Waals surface area (Å²) in [6, 6.07) is 15.5. The van der Waals surface area contributed by atoms with Gasteiger partial charge in [0.05, 0.1) is 41.1 Å². The first-order valence-electron chi connectivity index (χ1n) is 9.92. The van der Waals surface area contributed by atoms with Crippen LogP contribution >= 0.6 is 0 Å². The van der Waals surface area contributed by atoms with Gasteiger partial charge in [0.15, 0.2) is 6.10 Å². The summed E-state index contributed by atoms with van der Waals surface area (Å²) in [7, 11) is 0. The Balaban J connectivity index is 1.43. The summed E-state index contributed by atoms with van der Waals surface area (Å²) in [6.07, 6.45) is 0.314. The van der Waals surface area contributed by atoms with Crippen LogP contribution in [0.25, 0.3) is 0 Å². The SMILES string of the molecule is C[C@@H](OC(=O)c1ccc2c(c1)C(=O)N(Cc1ccco1)C2=O)C(=O)Nc1ccc(C#N)cc1. The van der Waals surface area contributed by atoms with Gasteiger partial charge in [-0.25, -0.2) is 4.79 Å². The number of furan rings is 1. The Morgan fingerprint density at radius 1 is 1.09 bits per heavy atom. The van der Waals surface area contributed by atoms with Crippen molar-refractivity contribution in [3.05, 3.63) is 88.9 Å². The van der Waals surface area contributed by atoms with Crippen LogP contribution < -0.4 is 5.32 Å². The third-order valence-corrected chi connectivity index (χ3v) is 5.04. The van der Waals surface area contributed by atoms with Crippen LogP contribution in [0.15, 0.2) is 65.3 Å². The summed E-state index contributed by atoms with van der Waals surface area (Å²) in [5.74, 6) is -1.96. The van der Waals surface area contributed by atoms with Gasteiger partial charge in [-0.1, -0.05) is 0 Å². The Morgan fingerprint density at radius 2 is 1.82 bits per heavy atom. The van der Waals surface area contributed by atoms with E-state index < -0.39 is 29.8 Å². The Bertz CT molecular complexity index is 1290. The lowest BCUT2D eigenvalue weighted by atomic mass is 10.1. The number of fused-ring (bicyclic) bond motifs is 1. The summed E-state index contributed by atoms with van der Waals surface area (Å²) in [6.45, 7) is 1.38. The predicted octanol–water partition coefficient (Wildman–Crippen LogP) is 3.13. The number of nitriles is 1. The molecule has 9 nitrogen and oxygen atoms in total. The molecule has 2 heterocycles. The summed E-state index contributed by atoms with van der Waals surface area (Å²) in [5, 5.41) is 11.4. The maximum Gasteiger partial charge on any atom is 0.338 e. The molecule has 0 radical (unpaired) electrons. The molecule has 0 fully saturated rings. The standard InChI is InChI=1S/C24H17N3O6/c1-14(21(28)26-17-7-4-15(12-25)5-8-17)33-24(31)16-6-9-19-20(11-16)23(30)27(22(19)29)13-18-3-2-10-32-18/h2-11,14H,13H2,1H3,(H,26,28)/t14-/m1/s1. The molecule has 164 valence electrons. The molecule has 1 aliphatic rings. The van der Waals surface area contributed by atoms with Crippen molar-refractivity contribution in [2.75, 3.05) is 5.32 Å². The normalized spacial score (nSPS) is 13.3. The van der Waals surface area contributed by atoms with Crippen molar-refractivity contribution in [1.29, 1.82) is 5.26 Å². The zero-order valence-corrected chi connectivity index (χ0v) is 17.4. The summed E-state index contributed by atoms with van der Waals surface area (Å²) >= 11 is 0. The van der Waals surface area contributed by atoms with Crippen LogP contribution in [0.1, 0.15) is 49.3 Å². The summed E-state index contributed by atoms with van der Waals surface area (Å²) < 4.78 is 10.4. The van der Waals surface area contributed by atoms with Crippen LogP contribution in [0, 0.1) is 11.3 Å². The molecule has 0 saturated carbocycles. The Labute approximate surface area is 188 Å². The lowest BCUT2D eigenvalue weighted by molar-refractivity contribution is -0.123. The fourth-order valence-corrected chi connectivity index (χ4v) is 3.27. The molecule has 0 saturated heterocycles. The lowest BCUT2D eigenvalue weighted by Gasteiger charge is -2.14. The van der Waals surface area contributed by atoms with Crippen LogP contribution in [0.3, 0.4) is 0 Å². The number of benzene rings is 2. The fraction of sp³-hybridized carbons (Fsp3) is 0.125. The van der Waals surface area contributed by atoms with E-state index in [9.17, 15) is 19.2 Å². The van der Waals surface area contributed by atoms with Crippen LogP contribution in [0.5, 0.6) is 0 Å². The molecule has 2 aromatic carbocycles. The van der Waals surface area contributed by atoms with Crippen molar-refractivity contribution < 1.29 is 28.3 Å². The fourth-order valence-electron chi connectivity index (χ4n) is 3.27. The van der Waals surface area contributed by atoms with Crippen LogP contribution in [0.2, 0.25) is 0 Å². The topological polar surface area (TPSA) is 130 Å². The van der Waals surface area contributed by atoms with Gasteiger partial charge in [-0.15, -0.1) is 0 Å². The highest BCUT2D eigenvalue weighted by Crippen LogP contribution is 2.26. The third kappa shape index (κ3) is 4.36. The minimum absolute atomic E-state index is 0.0221. The molecule has 33 heavy (non-hydrogen) atoms. The second kappa shape index (κ2) is 8.80. The molecular weight excluding hydrogens is 426 g/mol. The monoisotopic (exact) mass is 443 g/mol. The molecule has 3 amide bonds. The van der Waals surface area contributed by atoms with Crippen molar-refractivity contribution in [2.45, 2.75) is 19.6 Å². The molecule has 9 heteroatoms. The van der Waals surface area contributed by atoms with Gasteiger partial charge >= 0.3 is 5.97 Å². The van der Waals surface area contributed by atoms with Crippen molar-refractivity contribution in [2.24, 2.45) is 0 Å². The molecule has 0 aliphatic carbocycles. The highest BCUT2D eigenvalue weighted by molar-refractivity contribution is 6.21. The predicted molar refractivity (Wildman–Crippen MR) is 114 cm³/mol. The highest BCUT2D eigenvalue weighted by atomic mass is 16.5. The summed E-state index contributed by atoms with van der Waals surface area (Å²) in [4.78, 5) is 51.2. The molecule has 1 atom stereocenters. The quantitative estimate of drug-likeness (QED) is 0.458. The van der Waals surface area contributed by atoms with Crippen molar-refractivity contribution in [1.82, 2.24) is 4.90 Å². The van der Waals surface area contributed by atoms with Gasteiger partial charge in [-0.2, -0.15) is 5.26 Å². The van der Waals surface area contributed by atoms with E-state index in [1.165, 1.54) is 31.4 Å². The third-order valence-electron chi connectivity index (χ3n) is 5.04. The maximum absolute atomic E-state index is 12.7. The van der Waals surface area contributed by atoms with E-state index in [1.54, 1.807) is 36.4 Å². The zero-order chi connectivity index (χ0) is 23.5. The first-order valence-corrected chi connectivity index (χ1v) is 9.92. The lowest BCUT2D eigenvalue weighted by Crippen LogP contribution is -2.30. The van der Waals surface area contributed by atoms with Crippen LogP contribution in [0.4, 0.5) is 5.69 Å². The van der Waals surface area contributed by atoms with E-state index in [-0.39, 0.29) is 23.2 Å². The molecule has 0 bridgehead atoms. The number of ether oxygens (including phenoxy) is 1. The van der Waals surface area contributed by atoms with E-state index >= 15 is 0 Å². The van der Waals surface area contributed by atoms with Gasteiger partial charge in [0.25, 0.3) is 17.7 Å². The average Bonchev–Trinajstić information content (AvgIpc) is 3.42. The minimum Gasteiger partial charge on any atom is -0.467 e. The van der Waals surface area contributed by atoms with E-state index in [1.807, 2.05) is 6.07 Å². The number of amides is 3. The molecule has 4 rings (SSSR count). The van der Waals surface area contributed by atoms with Crippen LogP contribution in [-0.4, -0.2) is 34.7 Å². The second-order valence-corrected chi connectivity index (χ2v) is 7.26. The number of carbonyl (C=O) groups is 4. The van der Waals surface area contributed by atoms with Crippen molar-refractivity contribution >= 4 is 29.4 Å². The Hall–Kier alpha value is -4.71. The number of hydrogen-bond donors (Lipinski definition) is 1. The van der Waals surface area contributed by atoms with E-state index in [0.29, 0.717) is 17.0 Å². The van der Waals surface area contributed by atoms with E-state index in [2.05, 4.69) is 5.32 Å². The number of hydrogen-bond acceptors (Lipinski definition) is 7. The first kappa shape index (κ1) is 21.5. The van der Waals surface area contributed by atoms with Crippen molar-refractivity contribution in [3.8, 4) is 6.07 Å². The largest absolute Gasteiger partial charge is 0.467 e.